The van der Waals surface area contributed by atoms with Crippen LogP contribution in [-0.2, 0) is 9.59 Å². The van der Waals surface area contributed by atoms with Crippen LogP contribution in [0.15, 0.2) is 66.7 Å². The van der Waals surface area contributed by atoms with Gasteiger partial charge in [-0.3, -0.25) is 20.4 Å². The highest BCUT2D eigenvalue weighted by molar-refractivity contribution is 6.31. The third kappa shape index (κ3) is 5.99. The number of rotatable bonds is 7. The predicted molar refractivity (Wildman–Crippen MR) is 120 cm³/mol. The molecule has 7 heteroatoms. The molecule has 2 N–H and O–H groups in total. The van der Waals surface area contributed by atoms with E-state index in [1.165, 1.54) is 0 Å². The van der Waals surface area contributed by atoms with E-state index in [0.29, 0.717) is 16.5 Å². The van der Waals surface area contributed by atoms with Gasteiger partial charge in [0, 0.05) is 10.6 Å². The van der Waals surface area contributed by atoms with Gasteiger partial charge in [0.15, 0.2) is 13.2 Å². The first-order valence-corrected chi connectivity index (χ1v) is 10.1. The van der Waals surface area contributed by atoms with Gasteiger partial charge in [-0.15, -0.1) is 0 Å². The van der Waals surface area contributed by atoms with Crippen molar-refractivity contribution in [3.8, 4) is 22.6 Å². The SMILES string of the molecule is Cc1c(Cl)ccc(OCC(=O)NNC(=O)COc2ccccc2-c2ccccc2)c1C. The number of halogens is 1. The molecule has 3 rings (SSSR count). The molecule has 160 valence electrons. The second-order valence-electron chi connectivity index (χ2n) is 6.83. The number of hydrogen-bond donors (Lipinski definition) is 2. The summed E-state index contributed by atoms with van der Waals surface area (Å²) in [5.41, 5.74) is 8.24. The van der Waals surface area contributed by atoms with Crippen LogP contribution in [0.4, 0.5) is 0 Å². The maximum absolute atomic E-state index is 12.1. The van der Waals surface area contributed by atoms with Crippen LogP contribution < -0.4 is 20.3 Å². The highest BCUT2D eigenvalue weighted by atomic mass is 35.5. The van der Waals surface area contributed by atoms with E-state index in [0.717, 1.165) is 22.3 Å². The molecule has 0 aliphatic carbocycles. The molecular formula is C24H23ClN2O4. The molecule has 3 aromatic rings. The molecule has 0 unspecified atom stereocenters. The molecule has 0 spiro atoms. The van der Waals surface area contributed by atoms with Crippen molar-refractivity contribution in [3.63, 3.8) is 0 Å². The Hall–Kier alpha value is -3.51. The van der Waals surface area contributed by atoms with E-state index in [2.05, 4.69) is 10.9 Å². The Bertz CT molecular complexity index is 1070. The van der Waals surface area contributed by atoms with Crippen LogP contribution in [0.2, 0.25) is 5.02 Å². The van der Waals surface area contributed by atoms with Crippen molar-refractivity contribution >= 4 is 23.4 Å². The van der Waals surface area contributed by atoms with E-state index in [1.807, 2.05) is 62.4 Å². The van der Waals surface area contributed by atoms with Gasteiger partial charge in [-0.25, -0.2) is 0 Å². The lowest BCUT2D eigenvalue weighted by molar-refractivity contribution is -0.131. The van der Waals surface area contributed by atoms with Crippen molar-refractivity contribution in [1.29, 1.82) is 0 Å². The minimum atomic E-state index is -0.495. The fourth-order valence-electron chi connectivity index (χ4n) is 2.87. The molecule has 2 amide bonds. The smallest absolute Gasteiger partial charge is 0.276 e. The maximum Gasteiger partial charge on any atom is 0.276 e. The summed E-state index contributed by atoms with van der Waals surface area (Å²) in [5.74, 6) is 0.149. The molecule has 0 aliphatic rings. The Kier molecular flexibility index (Phi) is 7.51. The van der Waals surface area contributed by atoms with Gasteiger partial charge in [-0.2, -0.15) is 0 Å². The summed E-state index contributed by atoms with van der Waals surface area (Å²) in [7, 11) is 0. The Morgan fingerprint density at radius 3 is 2.00 bits per heavy atom. The summed E-state index contributed by atoms with van der Waals surface area (Å²) in [6.07, 6.45) is 0. The zero-order chi connectivity index (χ0) is 22.2. The normalized spacial score (nSPS) is 10.3. The standard InChI is InChI=1S/C24H23ClN2O4/c1-16-17(2)21(13-12-20(16)25)30-14-23(28)26-27-24(29)15-31-22-11-7-6-10-19(22)18-8-4-3-5-9-18/h3-13H,14-15H2,1-2H3,(H,26,28)(H,27,29). The van der Waals surface area contributed by atoms with Gasteiger partial charge in [0.1, 0.15) is 11.5 Å². The summed E-state index contributed by atoms with van der Waals surface area (Å²) < 4.78 is 11.2. The van der Waals surface area contributed by atoms with Gasteiger partial charge < -0.3 is 9.47 Å². The zero-order valence-corrected chi connectivity index (χ0v) is 18.0. The lowest BCUT2D eigenvalue weighted by Crippen LogP contribution is -2.45. The van der Waals surface area contributed by atoms with Crippen molar-refractivity contribution in [2.75, 3.05) is 13.2 Å². The van der Waals surface area contributed by atoms with Gasteiger partial charge in [0.25, 0.3) is 11.8 Å². The molecule has 0 aromatic heterocycles. The van der Waals surface area contributed by atoms with Crippen molar-refractivity contribution in [2.45, 2.75) is 13.8 Å². The maximum atomic E-state index is 12.1. The molecule has 0 aliphatic heterocycles. The number of para-hydroxylation sites is 1. The Labute approximate surface area is 186 Å². The highest BCUT2D eigenvalue weighted by Crippen LogP contribution is 2.29. The molecule has 0 bridgehead atoms. The van der Waals surface area contributed by atoms with Crippen LogP contribution in [0.25, 0.3) is 11.1 Å². The Morgan fingerprint density at radius 1 is 0.742 bits per heavy atom. The Morgan fingerprint density at radius 2 is 1.32 bits per heavy atom. The van der Waals surface area contributed by atoms with Crippen LogP contribution in [0.3, 0.4) is 0 Å². The van der Waals surface area contributed by atoms with Crippen molar-refractivity contribution in [2.24, 2.45) is 0 Å². The van der Waals surface area contributed by atoms with Gasteiger partial charge >= 0.3 is 0 Å². The van der Waals surface area contributed by atoms with Crippen LogP contribution in [0.5, 0.6) is 11.5 Å². The number of hydrogen-bond acceptors (Lipinski definition) is 4. The van der Waals surface area contributed by atoms with Gasteiger partial charge in [-0.1, -0.05) is 60.1 Å². The summed E-state index contributed by atoms with van der Waals surface area (Å²) in [6.45, 7) is 3.24. The first kappa shape index (κ1) is 22.2. The fourth-order valence-corrected chi connectivity index (χ4v) is 3.07. The summed E-state index contributed by atoms with van der Waals surface area (Å²) in [6, 6.07) is 20.6. The fraction of sp³-hybridized carbons (Fsp3) is 0.167. The monoisotopic (exact) mass is 438 g/mol. The largest absolute Gasteiger partial charge is 0.483 e. The van der Waals surface area contributed by atoms with Crippen molar-refractivity contribution < 1.29 is 19.1 Å². The quantitative estimate of drug-likeness (QED) is 0.541. The van der Waals surface area contributed by atoms with Gasteiger partial charge in [0.2, 0.25) is 0 Å². The van der Waals surface area contributed by atoms with Crippen LogP contribution in [0, 0.1) is 13.8 Å². The molecule has 0 saturated heterocycles. The van der Waals surface area contributed by atoms with Gasteiger partial charge in [0.05, 0.1) is 0 Å². The molecule has 0 radical (unpaired) electrons. The summed E-state index contributed by atoms with van der Waals surface area (Å²) >= 11 is 6.06. The van der Waals surface area contributed by atoms with E-state index >= 15 is 0 Å². The number of carbonyl (C=O) groups is 2. The first-order chi connectivity index (χ1) is 15.0. The molecule has 0 heterocycles. The number of hydrazine groups is 1. The van der Waals surface area contributed by atoms with Crippen LogP contribution in [0.1, 0.15) is 11.1 Å². The molecule has 31 heavy (non-hydrogen) atoms. The highest BCUT2D eigenvalue weighted by Gasteiger charge is 2.11. The van der Waals surface area contributed by atoms with E-state index in [9.17, 15) is 9.59 Å². The Balaban J connectivity index is 1.47. The van der Waals surface area contributed by atoms with Crippen molar-refractivity contribution in [3.05, 3.63) is 82.9 Å². The average molecular weight is 439 g/mol. The third-order valence-corrected chi connectivity index (χ3v) is 5.11. The molecule has 0 atom stereocenters. The number of carbonyl (C=O) groups excluding carboxylic acids is 2. The van der Waals surface area contributed by atoms with E-state index in [-0.39, 0.29) is 13.2 Å². The van der Waals surface area contributed by atoms with E-state index in [1.54, 1.807) is 18.2 Å². The number of ether oxygens (including phenoxy) is 2. The first-order valence-electron chi connectivity index (χ1n) is 9.69. The molecule has 3 aromatic carbocycles. The lowest BCUT2D eigenvalue weighted by atomic mass is 10.1. The third-order valence-electron chi connectivity index (χ3n) is 4.70. The molecular weight excluding hydrogens is 416 g/mol. The molecule has 0 saturated carbocycles. The van der Waals surface area contributed by atoms with Crippen LogP contribution in [-0.4, -0.2) is 25.0 Å². The second kappa shape index (κ2) is 10.5. The minimum absolute atomic E-state index is 0.250. The molecule has 0 fully saturated rings. The average Bonchev–Trinajstić information content (AvgIpc) is 2.80. The second-order valence-corrected chi connectivity index (χ2v) is 7.24. The zero-order valence-electron chi connectivity index (χ0n) is 17.3. The van der Waals surface area contributed by atoms with Crippen molar-refractivity contribution in [1.82, 2.24) is 10.9 Å². The summed E-state index contributed by atoms with van der Waals surface area (Å²) in [4.78, 5) is 24.1. The van der Waals surface area contributed by atoms with E-state index in [4.69, 9.17) is 21.1 Å². The van der Waals surface area contributed by atoms with Gasteiger partial charge in [-0.05, 0) is 48.7 Å². The number of benzene rings is 3. The topological polar surface area (TPSA) is 76.7 Å². The number of amides is 2. The minimum Gasteiger partial charge on any atom is -0.483 e. The molecule has 6 nitrogen and oxygen atoms in total. The predicted octanol–water partition coefficient (Wildman–Crippen LogP) is 4.23. The lowest BCUT2D eigenvalue weighted by Gasteiger charge is -2.13. The van der Waals surface area contributed by atoms with Crippen LogP contribution >= 0.6 is 11.6 Å². The summed E-state index contributed by atoms with van der Waals surface area (Å²) in [5, 5.41) is 0.635. The number of nitrogens with one attached hydrogen (secondary N) is 2. The van der Waals surface area contributed by atoms with E-state index < -0.39 is 11.8 Å².